The van der Waals surface area contributed by atoms with Gasteiger partial charge >= 0.3 is 0 Å². The van der Waals surface area contributed by atoms with Crippen LogP contribution in [0, 0.1) is 6.92 Å². The number of hydrogen-bond acceptors (Lipinski definition) is 5. The molecule has 0 N–H and O–H groups in total. The lowest BCUT2D eigenvalue weighted by Crippen LogP contribution is -2.44. The molecule has 2 atom stereocenters. The number of aryl methyl sites for hydroxylation is 1. The summed E-state index contributed by atoms with van der Waals surface area (Å²) in [6.07, 6.45) is 4.55. The van der Waals surface area contributed by atoms with E-state index < -0.39 is 0 Å². The van der Waals surface area contributed by atoms with E-state index in [-0.39, 0.29) is 18.1 Å². The molecule has 1 amide bonds. The zero-order valence-corrected chi connectivity index (χ0v) is 11.2. The SMILES string of the molecule is Cc1nc(C2CCCCN2C(=O)[C@@H]2CCCO2)no1. The number of amides is 1. The van der Waals surface area contributed by atoms with Crippen LogP contribution in [0.2, 0.25) is 0 Å². The third-order valence-corrected chi connectivity index (χ3v) is 3.83. The molecule has 0 bridgehead atoms. The van der Waals surface area contributed by atoms with Gasteiger partial charge in [0, 0.05) is 20.1 Å². The van der Waals surface area contributed by atoms with Crippen LogP contribution in [0.1, 0.15) is 49.9 Å². The van der Waals surface area contributed by atoms with Crippen molar-refractivity contribution in [1.29, 1.82) is 0 Å². The molecule has 0 aromatic carbocycles. The van der Waals surface area contributed by atoms with Gasteiger partial charge in [0.15, 0.2) is 5.82 Å². The average molecular weight is 265 g/mol. The first-order valence-corrected chi connectivity index (χ1v) is 6.98. The molecule has 6 nitrogen and oxygen atoms in total. The fraction of sp³-hybridized carbons (Fsp3) is 0.769. The van der Waals surface area contributed by atoms with Crippen LogP contribution in [0.4, 0.5) is 0 Å². The Morgan fingerprint density at radius 1 is 1.32 bits per heavy atom. The van der Waals surface area contributed by atoms with Crippen LogP contribution in [0.3, 0.4) is 0 Å². The average Bonchev–Trinajstić information content (AvgIpc) is 3.09. The Bertz CT molecular complexity index is 454. The van der Waals surface area contributed by atoms with E-state index in [0.29, 0.717) is 18.3 Å². The summed E-state index contributed by atoms with van der Waals surface area (Å²) in [6, 6.07) is -0.0529. The third kappa shape index (κ3) is 2.49. The number of nitrogens with zero attached hydrogens (tertiary/aromatic N) is 3. The van der Waals surface area contributed by atoms with Gasteiger partial charge < -0.3 is 14.2 Å². The van der Waals surface area contributed by atoms with Gasteiger partial charge in [0.05, 0.1) is 6.04 Å². The first kappa shape index (κ1) is 12.6. The summed E-state index contributed by atoms with van der Waals surface area (Å²) >= 11 is 0. The third-order valence-electron chi connectivity index (χ3n) is 3.83. The van der Waals surface area contributed by atoms with Crippen molar-refractivity contribution < 1.29 is 14.1 Å². The summed E-state index contributed by atoms with van der Waals surface area (Å²) in [7, 11) is 0. The lowest BCUT2D eigenvalue weighted by Gasteiger charge is -2.35. The van der Waals surface area contributed by atoms with Gasteiger partial charge in [-0.15, -0.1) is 0 Å². The second-order valence-electron chi connectivity index (χ2n) is 5.22. The Morgan fingerprint density at radius 3 is 2.89 bits per heavy atom. The fourth-order valence-electron chi connectivity index (χ4n) is 2.87. The monoisotopic (exact) mass is 265 g/mol. The van der Waals surface area contributed by atoms with Gasteiger partial charge in [-0.3, -0.25) is 4.79 Å². The molecule has 2 aliphatic rings. The molecule has 2 saturated heterocycles. The van der Waals surface area contributed by atoms with E-state index in [2.05, 4.69) is 10.1 Å². The minimum Gasteiger partial charge on any atom is -0.368 e. The second kappa shape index (κ2) is 5.28. The number of carbonyl (C=O) groups is 1. The molecule has 19 heavy (non-hydrogen) atoms. The second-order valence-corrected chi connectivity index (χ2v) is 5.22. The number of aromatic nitrogens is 2. The Balaban J connectivity index is 1.78. The highest BCUT2D eigenvalue weighted by molar-refractivity contribution is 5.81. The first-order valence-electron chi connectivity index (χ1n) is 6.98. The standard InChI is InChI=1S/C13H19N3O3/c1-9-14-12(15-19-9)10-5-2-3-7-16(10)13(17)11-6-4-8-18-11/h10-11H,2-8H2,1H3/t10?,11-/m0/s1. The Morgan fingerprint density at radius 2 is 2.21 bits per heavy atom. The summed E-state index contributed by atoms with van der Waals surface area (Å²) in [4.78, 5) is 18.7. The maximum absolute atomic E-state index is 12.5. The van der Waals surface area contributed by atoms with Gasteiger partial charge in [0.25, 0.3) is 5.91 Å². The fourth-order valence-corrected chi connectivity index (χ4v) is 2.87. The van der Waals surface area contributed by atoms with Crippen LogP contribution in [0.5, 0.6) is 0 Å². The molecule has 1 aromatic heterocycles. The first-order chi connectivity index (χ1) is 9.25. The quantitative estimate of drug-likeness (QED) is 0.812. The van der Waals surface area contributed by atoms with Crippen LogP contribution in [0.25, 0.3) is 0 Å². The molecule has 0 aliphatic carbocycles. The summed E-state index contributed by atoms with van der Waals surface area (Å²) in [5.74, 6) is 1.26. The molecule has 0 radical (unpaired) electrons. The molecule has 2 fully saturated rings. The molecular formula is C13H19N3O3. The lowest BCUT2D eigenvalue weighted by atomic mass is 10.0. The summed E-state index contributed by atoms with van der Waals surface area (Å²) in [5.41, 5.74) is 0. The Labute approximate surface area is 112 Å². The van der Waals surface area contributed by atoms with Gasteiger partial charge in [0.2, 0.25) is 5.89 Å². The molecule has 0 saturated carbocycles. The van der Waals surface area contributed by atoms with Crippen molar-refractivity contribution in [3.63, 3.8) is 0 Å². The van der Waals surface area contributed by atoms with E-state index in [0.717, 1.165) is 38.6 Å². The highest BCUT2D eigenvalue weighted by Crippen LogP contribution is 2.31. The van der Waals surface area contributed by atoms with E-state index in [4.69, 9.17) is 9.26 Å². The number of carbonyl (C=O) groups excluding carboxylic acids is 1. The Kier molecular flexibility index (Phi) is 3.50. The van der Waals surface area contributed by atoms with Gasteiger partial charge in [-0.1, -0.05) is 5.16 Å². The summed E-state index contributed by atoms with van der Waals surface area (Å²) in [6.45, 7) is 3.22. The van der Waals surface area contributed by atoms with E-state index in [1.165, 1.54) is 0 Å². The van der Waals surface area contributed by atoms with Gasteiger partial charge in [-0.05, 0) is 32.1 Å². The minimum absolute atomic E-state index is 0.0529. The van der Waals surface area contributed by atoms with Gasteiger partial charge in [-0.25, -0.2) is 0 Å². The zero-order chi connectivity index (χ0) is 13.2. The normalized spacial score (nSPS) is 27.7. The number of hydrogen-bond donors (Lipinski definition) is 0. The molecule has 2 aliphatic heterocycles. The molecule has 104 valence electrons. The van der Waals surface area contributed by atoms with E-state index in [9.17, 15) is 4.79 Å². The highest BCUT2D eigenvalue weighted by Gasteiger charge is 2.36. The zero-order valence-electron chi connectivity index (χ0n) is 11.2. The highest BCUT2D eigenvalue weighted by atomic mass is 16.5. The van der Waals surface area contributed by atoms with Crippen LogP contribution >= 0.6 is 0 Å². The topological polar surface area (TPSA) is 68.5 Å². The van der Waals surface area contributed by atoms with Crippen molar-refractivity contribution in [1.82, 2.24) is 15.0 Å². The molecule has 0 spiro atoms. The number of rotatable bonds is 2. The molecule has 1 aromatic rings. The van der Waals surface area contributed by atoms with Crippen LogP contribution < -0.4 is 0 Å². The number of piperidine rings is 1. The van der Waals surface area contributed by atoms with Crippen LogP contribution in [-0.2, 0) is 9.53 Å². The van der Waals surface area contributed by atoms with Crippen LogP contribution in [-0.4, -0.2) is 40.2 Å². The van der Waals surface area contributed by atoms with Crippen molar-refractivity contribution in [2.24, 2.45) is 0 Å². The lowest BCUT2D eigenvalue weighted by molar-refractivity contribution is -0.145. The molecule has 3 rings (SSSR count). The van der Waals surface area contributed by atoms with E-state index >= 15 is 0 Å². The summed E-state index contributed by atoms with van der Waals surface area (Å²) < 4.78 is 10.5. The van der Waals surface area contributed by atoms with E-state index in [1.54, 1.807) is 6.92 Å². The maximum Gasteiger partial charge on any atom is 0.252 e. The Hall–Kier alpha value is -1.43. The number of likely N-dealkylation sites (tertiary alicyclic amines) is 1. The minimum atomic E-state index is -0.270. The molecule has 1 unspecified atom stereocenters. The van der Waals surface area contributed by atoms with Crippen molar-refractivity contribution in [2.75, 3.05) is 13.2 Å². The summed E-state index contributed by atoms with van der Waals surface area (Å²) in [5, 5.41) is 3.98. The van der Waals surface area contributed by atoms with Crippen molar-refractivity contribution in [2.45, 2.75) is 51.2 Å². The molecule has 3 heterocycles. The van der Waals surface area contributed by atoms with Gasteiger partial charge in [-0.2, -0.15) is 4.98 Å². The van der Waals surface area contributed by atoms with Crippen LogP contribution in [0.15, 0.2) is 4.52 Å². The molecule has 6 heteroatoms. The number of ether oxygens (including phenoxy) is 1. The van der Waals surface area contributed by atoms with Crippen molar-refractivity contribution in [3.05, 3.63) is 11.7 Å². The molecular weight excluding hydrogens is 246 g/mol. The van der Waals surface area contributed by atoms with Crippen molar-refractivity contribution >= 4 is 5.91 Å². The smallest absolute Gasteiger partial charge is 0.252 e. The predicted octanol–water partition coefficient (Wildman–Crippen LogP) is 1.61. The van der Waals surface area contributed by atoms with Crippen molar-refractivity contribution in [3.8, 4) is 0 Å². The maximum atomic E-state index is 12.5. The largest absolute Gasteiger partial charge is 0.368 e. The van der Waals surface area contributed by atoms with E-state index in [1.807, 2.05) is 4.90 Å². The van der Waals surface area contributed by atoms with Gasteiger partial charge in [0.1, 0.15) is 6.10 Å². The predicted molar refractivity (Wildman–Crippen MR) is 66.3 cm³/mol.